The second-order valence-corrected chi connectivity index (χ2v) is 12.0. The van der Waals surface area contributed by atoms with Crippen molar-refractivity contribution in [3.05, 3.63) is 70.8 Å². The first-order valence-electron chi connectivity index (χ1n) is 16.0. The second kappa shape index (κ2) is 20.3. The molecule has 3 rings (SSSR count). The molecule has 18 heteroatoms. The van der Waals surface area contributed by atoms with Crippen LogP contribution >= 0.6 is 0 Å². The Balaban J connectivity index is 1.49. The molecule has 0 aromatic heterocycles. The van der Waals surface area contributed by atoms with Crippen LogP contribution in [0, 0.1) is 0 Å². The normalized spacial score (nSPS) is 13.7. The highest BCUT2D eigenvalue weighted by Crippen LogP contribution is 2.16. The van der Waals surface area contributed by atoms with Crippen LogP contribution < -0.4 is 21.5 Å². The van der Waals surface area contributed by atoms with E-state index in [9.17, 15) is 33.6 Å². The highest BCUT2D eigenvalue weighted by Gasteiger charge is 2.24. The van der Waals surface area contributed by atoms with Gasteiger partial charge in [0.15, 0.2) is 0 Å². The minimum Gasteiger partial charge on any atom is -0.480 e. The van der Waals surface area contributed by atoms with Crippen LogP contribution in [-0.4, -0.2) is 142 Å². The van der Waals surface area contributed by atoms with E-state index in [1.165, 1.54) is 0 Å². The molecule has 276 valence electrons. The van der Waals surface area contributed by atoms with Crippen LogP contribution in [0.15, 0.2) is 48.5 Å². The lowest BCUT2D eigenvalue weighted by atomic mass is 9.96. The van der Waals surface area contributed by atoms with Crippen molar-refractivity contribution >= 4 is 41.6 Å². The molecule has 0 spiro atoms. The van der Waals surface area contributed by atoms with Gasteiger partial charge in [-0.3, -0.25) is 59.1 Å². The Morgan fingerprint density at radius 1 is 0.608 bits per heavy atom. The van der Waals surface area contributed by atoms with Crippen molar-refractivity contribution in [3.8, 4) is 0 Å². The molecule has 0 fully saturated rings. The van der Waals surface area contributed by atoms with Gasteiger partial charge in [-0.2, -0.15) is 0 Å². The standard InChI is InChI=1S/C33H43N7O11/c41-27(36-37-33(51)26-14-24-3-1-2-4-25(24)16-34-26)13-22-5-7-23(8-6-22)15-35-28(42)17-38(9-11-39(18-29(43)44)19-30(45)46)10-12-40(20-31(47)48)21-32(49)50/h1-8,26,34H,9-21H2,(H,35,42)(H,36,41)(H,37,51)(H,43,44)(H,45,46)(H,47,48)(H,49,50)/t26-/m1/s1. The van der Waals surface area contributed by atoms with Crippen molar-refractivity contribution in [3.63, 3.8) is 0 Å². The monoisotopic (exact) mass is 713 g/mol. The van der Waals surface area contributed by atoms with Crippen LogP contribution in [-0.2, 0) is 59.5 Å². The minimum absolute atomic E-state index is 0.00957. The summed E-state index contributed by atoms with van der Waals surface area (Å²) in [5.74, 6) is -6.19. The van der Waals surface area contributed by atoms with Gasteiger partial charge in [0.25, 0.3) is 5.91 Å². The molecule has 1 atom stereocenters. The molecule has 1 heterocycles. The minimum atomic E-state index is -1.24. The van der Waals surface area contributed by atoms with Gasteiger partial charge in [0.05, 0.1) is 45.2 Å². The van der Waals surface area contributed by atoms with Crippen molar-refractivity contribution in [2.45, 2.75) is 32.0 Å². The van der Waals surface area contributed by atoms with Crippen LogP contribution in [0.5, 0.6) is 0 Å². The predicted octanol–water partition coefficient (Wildman–Crippen LogP) is -2.05. The number of fused-ring (bicyclic) bond motifs is 1. The number of carbonyl (C=O) groups excluding carboxylic acids is 3. The summed E-state index contributed by atoms with van der Waals surface area (Å²) in [6.07, 6.45) is 0.495. The lowest BCUT2D eigenvalue weighted by molar-refractivity contribution is -0.143. The van der Waals surface area contributed by atoms with E-state index >= 15 is 0 Å². The zero-order valence-electron chi connectivity index (χ0n) is 27.9. The number of nitrogens with zero attached hydrogens (tertiary/aromatic N) is 3. The van der Waals surface area contributed by atoms with Gasteiger partial charge in [0, 0.05) is 39.3 Å². The van der Waals surface area contributed by atoms with Crippen molar-refractivity contribution in [1.82, 2.24) is 36.2 Å². The second-order valence-electron chi connectivity index (χ2n) is 12.0. The molecule has 8 N–H and O–H groups in total. The first-order valence-corrected chi connectivity index (χ1v) is 16.0. The maximum atomic E-state index is 12.9. The summed E-state index contributed by atoms with van der Waals surface area (Å²) in [6, 6.07) is 14.2. The number of nitrogens with one attached hydrogen (secondary N) is 4. The zero-order chi connectivity index (χ0) is 37.3. The molecule has 3 amide bonds. The molecule has 0 unspecified atom stereocenters. The van der Waals surface area contributed by atoms with E-state index in [1.54, 1.807) is 29.2 Å². The first-order chi connectivity index (χ1) is 24.3. The highest BCUT2D eigenvalue weighted by atomic mass is 16.4. The molecule has 2 aromatic carbocycles. The Morgan fingerprint density at radius 3 is 1.63 bits per heavy atom. The Kier molecular flexibility index (Phi) is 15.9. The van der Waals surface area contributed by atoms with Crippen LogP contribution in [0.1, 0.15) is 22.3 Å². The van der Waals surface area contributed by atoms with Crippen LogP contribution in [0.2, 0.25) is 0 Å². The maximum absolute atomic E-state index is 12.9. The Bertz CT molecular complexity index is 1480. The number of carboxylic acids is 4. The van der Waals surface area contributed by atoms with Crippen LogP contribution in [0.3, 0.4) is 0 Å². The topological polar surface area (TPSA) is 258 Å². The highest BCUT2D eigenvalue weighted by molar-refractivity contribution is 5.86. The molecule has 0 bridgehead atoms. The molecule has 0 saturated carbocycles. The molecule has 0 saturated heterocycles. The maximum Gasteiger partial charge on any atom is 0.317 e. The number of hydrazine groups is 1. The molecular weight excluding hydrogens is 670 g/mol. The third kappa shape index (κ3) is 15.3. The largest absolute Gasteiger partial charge is 0.480 e. The van der Waals surface area contributed by atoms with E-state index in [-0.39, 0.29) is 51.6 Å². The molecule has 2 aromatic rings. The van der Waals surface area contributed by atoms with Gasteiger partial charge >= 0.3 is 23.9 Å². The smallest absolute Gasteiger partial charge is 0.317 e. The Hall–Kier alpha value is -5.43. The van der Waals surface area contributed by atoms with Gasteiger partial charge in [-0.1, -0.05) is 48.5 Å². The lowest BCUT2D eigenvalue weighted by Crippen LogP contribution is -2.53. The first kappa shape index (κ1) is 40.0. The molecule has 18 nitrogen and oxygen atoms in total. The number of rotatable bonds is 21. The summed E-state index contributed by atoms with van der Waals surface area (Å²) in [5, 5.41) is 42.4. The number of benzene rings is 2. The van der Waals surface area contributed by atoms with E-state index in [4.69, 9.17) is 20.4 Å². The molecule has 51 heavy (non-hydrogen) atoms. The van der Waals surface area contributed by atoms with E-state index in [1.807, 2.05) is 24.3 Å². The molecule has 0 aliphatic carbocycles. The Labute approximate surface area is 293 Å². The van der Waals surface area contributed by atoms with E-state index in [0.29, 0.717) is 24.1 Å². The van der Waals surface area contributed by atoms with Gasteiger partial charge in [-0.05, 0) is 28.7 Å². The van der Waals surface area contributed by atoms with Crippen molar-refractivity contribution < 1.29 is 54.0 Å². The molecular formula is C33H43N7O11. The predicted molar refractivity (Wildman–Crippen MR) is 179 cm³/mol. The molecule has 1 aliphatic heterocycles. The fraction of sp³-hybridized carbons (Fsp3) is 0.424. The number of aliphatic carboxylic acids is 4. The van der Waals surface area contributed by atoms with Crippen molar-refractivity contribution in [1.29, 1.82) is 0 Å². The summed E-state index contributed by atoms with van der Waals surface area (Å²) in [7, 11) is 0. The SMILES string of the molecule is O=C(O)CN(CCN(CCN(CC(=O)O)CC(=O)O)CC(=O)NCc1ccc(CC(=O)NNC(=O)[C@H]2Cc3ccccc3CN2)cc1)CC(=O)O. The zero-order valence-corrected chi connectivity index (χ0v) is 27.9. The fourth-order valence-electron chi connectivity index (χ4n) is 5.35. The van der Waals surface area contributed by atoms with Crippen LogP contribution in [0.4, 0.5) is 0 Å². The number of hydrogen-bond donors (Lipinski definition) is 8. The number of carbonyl (C=O) groups is 7. The number of hydrogen-bond acceptors (Lipinski definition) is 11. The van der Waals surface area contributed by atoms with Crippen LogP contribution in [0.25, 0.3) is 0 Å². The van der Waals surface area contributed by atoms with Gasteiger partial charge in [0.1, 0.15) is 0 Å². The summed E-state index contributed by atoms with van der Waals surface area (Å²) < 4.78 is 0. The van der Waals surface area contributed by atoms with Gasteiger partial charge in [-0.25, -0.2) is 0 Å². The average Bonchev–Trinajstić information content (AvgIpc) is 3.06. The van der Waals surface area contributed by atoms with E-state index < -0.39 is 67.9 Å². The third-order valence-electron chi connectivity index (χ3n) is 7.87. The van der Waals surface area contributed by atoms with E-state index in [0.717, 1.165) is 20.9 Å². The molecule has 0 radical (unpaired) electrons. The summed E-state index contributed by atoms with van der Waals surface area (Å²) in [6.45, 7) is -1.83. The van der Waals surface area contributed by atoms with Gasteiger partial charge < -0.3 is 31.1 Å². The van der Waals surface area contributed by atoms with Gasteiger partial charge in [-0.15, -0.1) is 0 Å². The van der Waals surface area contributed by atoms with Crippen molar-refractivity contribution in [2.24, 2.45) is 0 Å². The van der Waals surface area contributed by atoms with Crippen molar-refractivity contribution in [2.75, 3.05) is 58.9 Å². The summed E-state index contributed by atoms with van der Waals surface area (Å²) in [4.78, 5) is 86.6. The summed E-state index contributed by atoms with van der Waals surface area (Å²) in [5.41, 5.74) is 8.47. The average molecular weight is 714 g/mol. The Morgan fingerprint density at radius 2 is 1.10 bits per heavy atom. The number of carboxylic acid groups (broad SMARTS) is 4. The summed E-state index contributed by atoms with van der Waals surface area (Å²) >= 11 is 0. The third-order valence-corrected chi connectivity index (χ3v) is 7.87. The fourth-order valence-corrected chi connectivity index (χ4v) is 5.35. The van der Waals surface area contributed by atoms with E-state index in [2.05, 4.69) is 21.5 Å². The quantitative estimate of drug-likeness (QED) is 0.0648. The molecule has 1 aliphatic rings. The van der Waals surface area contributed by atoms with Gasteiger partial charge in [0.2, 0.25) is 11.8 Å². The number of amides is 3. The lowest BCUT2D eigenvalue weighted by Gasteiger charge is -2.28.